The summed E-state index contributed by atoms with van der Waals surface area (Å²) in [6.07, 6.45) is 8.22. The fourth-order valence-electron chi connectivity index (χ4n) is 1.87. The van der Waals surface area contributed by atoms with Gasteiger partial charge in [-0.3, -0.25) is 0 Å². The van der Waals surface area contributed by atoms with E-state index in [9.17, 15) is 0 Å². The fourth-order valence-corrected chi connectivity index (χ4v) is 5.72. The minimum Gasteiger partial charge on any atom is -0.0818 e. The van der Waals surface area contributed by atoms with Crippen molar-refractivity contribution in [3.8, 4) is 0 Å². The minimum absolute atomic E-state index is 0.789. The quantitative estimate of drug-likeness (QED) is 0.145. The number of alkyl halides is 6. The van der Waals surface area contributed by atoms with Crippen molar-refractivity contribution in [2.75, 3.05) is 0 Å². The normalized spacial score (nSPS) is 21.0. The van der Waals surface area contributed by atoms with Gasteiger partial charge < -0.3 is 0 Å². The second-order valence-electron chi connectivity index (χ2n) is 5.20. The van der Waals surface area contributed by atoms with Gasteiger partial charge in [-0.05, 0) is 32.1 Å². The van der Waals surface area contributed by atoms with Crippen LogP contribution in [0.4, 0.5) is 0 Å². The molecule has 0 aliphatic rings. The smallest absolute Gasteiger partial charge is 0.0228 e. The molecular formula is C14H24I6. The van der Waals surface area contributed by atoms with Gasteiger partial charge in [0.25, 0.3) is 0 Å². The lowest BCUT2D eigenvalue weighted by molar-refractivity contribution is 0.620. The van der Waals surface area contributed by atoms with E-state index in [1.54, 1.807) is 0 Å². The molecule has 0 aromatic carbocycles. The zero-order chi connectivity index (χ0) is 15.7. The molecule has 0 saturated heterocycles. The molecule has 0 aromatic rings. The lowest BCUT2D eigenvalue weighted by atomic mass is 10.1. The van der Waals surface area contributed by atoms with Crippen molar-refractivity contribution in [3.05, 3.63) is 0 Å². The standard InChI is InChI=1S/C14H24I6/c1-3-4-11(17)12(18)7-8-14(20)13(19)6-5-10(16)9(2)15/h9-14H,3-8H2,1-2H3. The van der Waals surface area contributed by atoms with Gasteiger partial charge in [-0.25, -0.2) is 0 Å². The van der Waals surface area contributed by atoms with Crippen LogP contribution in [-0.4, -0.2) is 23.5 Å². The molecule has 0 amide bonds. The molecule has 0 rings (SSSR count). The largest absolute Gasteiger partial charge is 0.0818 e. The van der Waals surface area contributed by atoms with Gasteiger partial charge in [-0.1, -0.05) is 156 Å². The van der Waals surface area contributed by atoms with Crippen LogP contribution >= 0.6 is 136 Å². The second kappa shape index (κ2) is 14.5. The topological polar surface area (TPSA) is 0 Å². The molecule has 0 aliphatic carbocycles. The molecule has 0 spiro atoms. The first-order valence-corrected chi connectivity index (χ1v) is 14.6. The Morgan fingerprint density at radius 2 is 0.850 bits per heavy atom. The first-order chi connectivity index (χ1) is 9.29. The van der Waals surface area contributed by atoms with Crippen LogP contribution in [0.2, 0.25) is 0 Å². The number of hydrogen-bond acceptors (Lipinski definition) is 0. The molecule has 122 valence electrons. The van der Waals surface area contributed by atoms with Crippen LogP contribution in [0.15, 0.2) is 0 Å². The van der Waals surface area contributed by atoms with E-state index in [2.05, 4.69) is 149 Å². The van der Waals surface area contributed by atoms with Crippen LogP contribution in [0.25, 0.3) is 0 Å². The van der Waals surface area contributed by atoms with E-state index >= 15 is 0 Å². The van der Waals surface area contributed by atoms with Gasteiger partial charge in [0, 0.05) is 23.5 Å². The van der Waals surface area contributed by atoms with Gasteiger partial charge in [0.1, 0.15) is 0 Å². The van der Waals surface area contributed by atoms with Crippen LogP contribution in [0, 0.1) is 0 Å². The van der Waals surface area contributed by atoms with E-state index in [4.69, 9.17) is 0 Å². The summed E-state index contributed by atoms with van der Waals surface area (Å²) < 4.78 is 4.99. The fraction of sp³-hybridized carbons (Fsp3) is 1.00. The van der Waals surface area contributed by atoms with Crippen LogP contribution in [0.5, 0.6) is 0 Å². The minimum atomic E-state index is 0.789. The Bertz CT molecular complexity index is 236. The molecule has 0 heterocycles. The average molecular weight is 954 g/mol. The van der Waals surface area contributed by atoms with E-state index < -0.39 is 0 Å². The zero-order valence-electron chi connectivity index (χ0n) is 12.0. The molecule has 0 aliphatic heterocycles. The van der Waals surface area contributed by atoms with Gasteiger partial charge in [0.05, 0.1) is 0 Å². The van der Waals surface area contributed by atoms with E-state index in [1.807, 2.05) is 0 Å². The highest BCUT2D eigenvalue weighted by Gasteiger charge is 2.21. The van der Waals surface area contributed by atoms with Crippen molar-refractivity contribution >= 4 is 136 Å². The second-order valence-corrected chi connectivity index (χ2v) is 15.2. The Labute approximate surface area is 207 Å². The van der Waals surface area contributed by atoms with Crippen molar-refractivity contribution in [2.24, 2.45) is 0 Å². The van der Waals surface area contributed by atoms with Crippen molar-refractivity contribution in [2.45, 2.75) is 75.9 Å². The van der Waals surface area contributed by atoms with E-state index in [1.165, 1.54) is 38.5 Å². The molecule has 0 aromatic heterocycles. The molecule has 6 heteroatoms. The first-order valence-electron chi connectivity index (χ1n) is 7.14. The maximum atomic E-state index is 2.69. The summed E-state index contributed by atoms with van der Waals surface area (Å²) in [4.78, 5) is 0. The summed E-state index contributed by atoms with van der Waals surface area (Å²) in [7, 11) is 0. The Hall–Kier alpha value is 4.38. The van der Waals surface area contributed by atoms with Crippen molar-refractivity contribution in [1.29, 1.82) is 0 Å². The number of halogens is 6. The molecule has 0 saturated carbocycles. The summed E-state index contributed by atoms with van der Waals surface area (Å²) in [5.41, 5.74) is 0. The van der Waals surface area contributed by atoms with E-state index in [0.29, 0.717) is 0 Å². The molecule has 0 nitrogen and oxygen atoms in total. The molecule has 0 radical (unpaired) electrons. The van der Waals surface area contributed by atoms with Gasteiger partial charge in [-0.2, -0.15) is 0 Å². The zero-order valence-corrected chi connectivity index (χ0v) is 24.9. The lowest BCUT2D eigenvalue weighted by Gasteiger charge is -2.22. The Morgan fingerprint density at radius 3 is 1.15 bits per heavy atom. The predicted octanol–water partition coefficient (Wildman–Crippen LogP) is 8.19. The molecule has 0 bridgehead atoms. The molecule has 0 fully saturated rings. The molecule has 20 heavy (non-hydrogen) atoms. The van der Waals surface area contributed by atoms with E-state index in [-0.39, 0.29) is 0 Å². The Kier molecular flexibility index (Phi) is 17.7. The number of rotatable bonds is 11. The lowest BCUT2D eigenvalue weighted by Crippen LogP contribution is -2.20. The maximum absolute atomic E-state index is 2.69. The first kappa shape index (κ1) is 24.4. The average Bonchev–Trinajstić information content (AvgIpc) is 2.41. The third-order valence-electron chi connectivity index (χ3n) is 3.28. The Balaban J connectivity index is 3.92. The van der Waals surface area contributed by atoms with E-state index in [0.717, 1.165) is 23.5 Å². The molecule has 0 N–H and O–H groups in total. The van der Waals surface area contributed by atoms with Crippen LogP contribution in [-0.2, 0) is 0 Å². The van der Waals surface area contributed by atoms with Gasteiger partial charge in [-0.15, -0.1) is 0 Å². The van der Waals surface area contributed by atoms with Crippen molar-refractivity contribution in [3.63, 3.8) is 0 Å². The Morgan fingerprint density at radius 1 is 0.550 bits per heavy atom. The predicted molar refractivity (Wildman–Crippen MR) is 146 cm³/mol. The van der Waals surface area contributed by atoms with Crippen LogP contribution in [0.3, 0.4) is 0 Å². The summed E-state index contributed by atoms with van der Waals surface area (Å²) in [5.74, 6) is 0. The molecular weight excluding hydrogens is 930 g/mol. The highest BCUT2D eigenvalue weighted by atomic mass is 127. The van der Waals surface area contributed by atoms with Gasteiger partial charge in [0.15, 0.2) is 0 Å². The molecule has 6 atom stereocenters. The van der Waals surface area contributed by atoms with Crippen LogP contribution < -0.4 is 0 Å². The van der Waals surface area contributed by atoms with Crippen molar-refractivity contribution < 1.29 is 0 Å². The van der Waals surface area contributed by atoms with Crippen molar-refractivity contribution in [1.82, 2.24) is 0 Å². The monoisotopic (exact) mass is 954 g/mol. The van der Waals surface area contributed by atoms with Gasteiger partial charge in [0.2, 0.25) is 0 Å². The maximum Gasteiger partial charge on any atom is 0.0228 e. The SMILES string of the molecule is CCCC(I)C(I)CCC(I)C(I)CCC(I)C(C)I. The highest BCUT2D eigenvalue weighted by Crippen LogP contribution is 2.31. The third-order valence-corrected chi connectivity index (χ3v) is 15.9. The summed E-state index contributed by atoms with van der Waals surface area (Å²) in [5, 5.41) is 0. The van der Waals surface area contributed by atoms with Crippen LogP contribution in [0.1, 0.15) is 52.4 Å². The third kappa shape index (κ3) is 11.9. The summed E-state index contributed by atoms with van der Waals surface area (Å²) in [6, 6.07) is 0. The summed E-state index contributed by atoms with van der Waals surface area (Å²) >= 11 is 15.9. The van der Waals surface area contributed by atoms with Gasteiger partial charge >= 0.3 is 0 Å². The molecule has 6 unspecified atom stereocenters. The number of hydrogen-bond donors (Lipinski definition) is 0. The highest BCUT2D eigenvalue weighted by molar-refractivity contribution is 14.1. The summed E-state index contributed by atoms with van der Waals surface area (Å²) in [6.45, 7) is 4.63.